The second-order valence-electron chi connectivity index (χ2n) is 7.01. The fourth-order valence-electron chi connectivity index (χ4n) is 3.00. The van der Waals surface area contributed by atoms with Crippen LogP contribution >= 0.6 is 0 Å². The summed E-state index contributed by atoms with van der Waals surface area (Å²) >= 11 is 0. The van der Waals surface area contributed by atoms with Crippen LogP contribution in [0.25, 0.3) is 0 Å². The largest absolute Gasteiger partial charge is 0.375 e. The lowest BCUT2D eigenvalue weighted by Gasteiger charge is -2.16. The number of benzene rings is 3. The van der Waals surface area contributed by atoms with Gasteiger partial charge in [-0.1, -0.05) is 48.0 Å². The highest BCUT2D eigenvalue weighted by molar-refractivity contribution is 7.91. The van der Waals surface area contributed by atoms with E-state index < -0.39 is 15.7 Å². The number of rotatable bonds is 7. The van der Waals surface area contributed by atoms with Crippen LogP contribution in [-0.4, -0.2) is 20.9 Å². The number of anilines is 1. The van der Waals surface area contributed by atoms with Gasteiger partial charge in [0.1, 0.15) is 5.82 Å². The highest BCUT2D eigenvalue weighted by Crippen LogP contribution is 2.28. The summed E-state index contributed by atoms with van der Waals surface area (Å²) in [5, 5.41) is 5.68. The lowest BCUT2D eigenvalue weighted by Crippen LogP contribution is -2.32. The third-order valence-electron chi connectivity index (χ3n) is 4.68. The van der Waals surface area contributed by atoms with Gasteiger partial charge in [-0.2, -0.15) is 0 Å². The number of halogens is 1. The molecule has 0 aromatic heterocycles. The van der Waals surface area contributed by atoms with E-state index in [2.05, 4.69) is 10.6 Å². The smallest absolute Gasteiger partial charge is 0.239 e. The Bertz CT molecular complexity index is 1130. The van der Waals surface area contributed by atoms with Crippen molar-refractivity contribution in [3.8, 4) is 0 Å². The second-order valence-corrected chi connectivity index (χ2v) is 8.93. The van der Waals surface area contributed by atoms with Gasteiger partial charge in [-0.15, -0.1) is 0 Å². The number of aryl methyl sites for hydroxylation is 1. The molecule has 0 aliphatic heterocycles. The van der Waals surface area contributed by atoms with E-state index in [0.717, 1.165) is 23.3 Å². The zero-order valence-corrected chi connectivity index (χ0v) is 17.5. The SMILES string of the molecule is Cc1ccc(S(=O)(=O)c2cc(F)ccc2NCC(=O)NC(C)c2ccccc2)cc1. The number of nitrogens with one attached hydrogen (secondary N) is 2. The standard InChI is InChI=1S/C23H23FN2O3S/c1-16-8-11-20(12-9-16)30(28,29)22-14-19(24)10-13-21(22)25-15-23(27)26-17(2)18-6-4-3-5-7-18/h3-14,17,25H,15H2,1-2H3,(H,26,27). The van der Waals surface area contributed by atoms with E-state index in [9.17, 15) is 17.6 Å². The molecule has 0 saturated carbocycles. The van der Waals surface area contributed by atoms with Gasteiger partial charge < -0.3 is 10.6 Å². The third kappa shape index (κ3) is 5.04. The van der Waals surface area contributed by atoms with Crippen LogP contribution in [0, 0.1) is 12.7 Å². The summed E-state index contributed by atoms with van der Waals surface area (Å²) in [6.45, 7) is 3.55. The number of amides is 1. The predicted octanol–water partition coefficient (Wildman–Crippen LogP) is 4.26. The molecule has 156 valence electrons. The lowest BCUT2D eigenvalue weighted by atomic mass is 10.1. The number of hydrogen-bond acceptors (Lipinski definition) is 4. The van der Waals surface area contributed by atoms with Crippen molar-refractivity contribution >= 4 is 21.4 Å². The number of carbonyl (C=O) groups excluding carboxylic acids is 1. The van der Waals surface area contributed by atoms with Gasteiger partial charge in [-0.3, -0.25) is 4.79 Å². The third-order valence-corrected chi connectivity index (χ3v) is 6.49. The van der Waals surface area contributed by atoms with Crippen LogP contribution in [0.5, 0.6) is 0 Å². The molecular weight excluding hydrogens is 403 g/mol. The molecule has 0 heterocycles. The molecule has 0 aliphatic carbocycles. The summed E-state index contributed by atoms with van der Waals surface area (Å²) < 4.78 is 39.9. The van der Waals surface area contributed by atoms with Gasteiger partial charge in [0, 0.05) is 0 Å². The van der Waals surface area contributed by atoms with Crippen molar-refractivity contribution in [2.75, 3.05) is 11.9 Å². The number of hydrogen-bond donors (Lipinski definition) is 2. The van der Waals surface area contributed by atoms with E-state index >= 15 is 0 Å². The molecule has 30 heavy (non-hydrogen) atoms. The molecule has 3 aromatic carbocycles. The quantitative estimate of drug-likeness (QED) is 0.592. The first-order valence-electron chi connectivity index (χ1n) is 9.47. The molecule has 0 radical (unpaired) electrons. The molecule has 0 bridgehead atoms. The summed E-state index contributed by atoms with van der Waals surface area (Å²) in [4.78, 5) is 12.2. The Kier molecular flexibility index (Phi) is 6.52. The predicted molar refractivity (Wildman–Crippen MR) is 115 cm³/mol. The van der Waals surface area contributed by atoms with E-state index in [1.165, 1.54) is 18.2 Å². The van der Waals surface area contributed by atoms with Crippen molar-refractivity contribution < 1.29 is 17.6 Å². The minimum absolute atomic E-state index is 0.0592. The Labute approximate surface area is 175 Å². The monoisotopic (exact) mass is 426 g/mol. The van der Waals surface area contributed by atoms with Crippen LogP contribution in [-0.2, 0) is 14.6 Å². The zero-order chi connectivity index (χ0) is 21.7. The number of carbonyl (C=O) groups is 1. The van der Waals surface area contributed by atoms with Crippen molar-refractivity contribution in [1.29, 1.82) is 0 Å². The van der Waals surface area contributed by atoms with Crippen LogP contribution in [0.1, 0.15) is 24.1 Å². The molecule has 3 rings (SSSR count). The average Bonchev–Trinajstić information content (AvgIpc) is 2.73. The van der Waals surface area contributed by atoms with Gasteiger partial charge in [0.05, 0.1) is 28.1 Å². The first kappa shape index (κ1) is 21.5. The highest BCUT2D eigenvalue weighted by atomic mass is 32.2. The average molecular weight is 427 g/mol. The fourth-order valence-corrected chi connectivity index (χ4v) is 4.45. The molecule has 0 fully saturated rings. The molecule has 1 atom stereocenters. The Balaban J connectivity index is 1.77. The van der Waals surface area contributed by atoms with E-state index in [0.29, 0.717) is 0 Å². The summed E-state index contributed by atoms with van der Waals surface area (Å²) in [5.41, 5.74) is 2.03. The highest BCUT2D eigenvalue weighted by Gasteiger charge is 2.22. The Hall–Kier alpha value is -3.19. The molecule has 0 spiro atoms. The van der Waals surface area contributed by atoms with Gasteiger partial charge in [-0.25, -0.2) is 12.8 Å². The fraction of sp³-hybridized carbons (Fsp3) is 0.174. The Morgan fingerprint density at radius 3 is 2.33 bits per heavy atom. The van der Waals surface area contributed by atoms with Crippen LogP contribution in [0.3, 0.4) is 0 Å². The summed E-state index contributed by atoms with van der Waals surface area (Å²) in [6.07, 6.45) is 0. The van der Waals surface area contributed by atoms with Gasteiger partial charge in [0.25, 0.3) is 0 Å². The van der Waals surface area contributed by atoms with Crippen molar-refractivity contribution in [2.45, 2.75) is 29.7 Å². The molecule has 3 aromatic rings. The second kappa shape index (κ2) is 9.09. The van der Waals surface area contributed by atoms with Crippen molar-refractivity contribution in [3.63, 3.8) is 0 Å². The van der Waals surface area contributed by atoms with Crippen LogP contribution in [0.2, 0.25) is 0 Å². The van der Waals surface area contributed by atoms with Gasteiger partial charge >= 0.3 is 0 Å². The number of sulfone groups is 1. The Morgan fingerprint density at radius 1 is 1.00 bits per heavy atom. The minimum atomic E-state index is -3.96. The van der Waals surface area contributed by atoms with Crippen molar-refractivity contribution in [2.24, 2.45) is 0 Å². The maximum absolute atomic E-state index is 13.8. The van der Waals surface area contributed by atoms with E-state index in [1.54, 1.807) is 12.1 Å². The van der Waals surface area contributed by atoms with Crippen LogP contribution in [0.15, 0.2) is 82.6 Å². The molecule has 1 amide bonds. The van der Waals surface area contributed by atoms with Crippen molar-refractivity contribution in [1.82, 2.24) is 5.32 Å². The van der Waals surface area contributed by atoms with Crippen molar-refractivity contribution in [3.05, 3.63) is 89.7 Å². The first-order chi connectivity index (χ1) is 14.3. The summed E-state index contributed by atoms with van der Waals surface area (Å²) in [5.74, 6) is -0.984. The van der Waals surface area contributed by atoms with Crippen LogP contribution in [0.4, 0.5) is 10.1 Å². The zero-order valence-electron chi connectivity index (χ0n) is 16.7. The molecule has 7 heteroatoms. The topological polar surface area (TPSA) is 75.3 Å². The molecule has 0 saturated heterocycles. The summed E-state index contributed by atoms with van der Waals surface area (Å²) in [7, 11) is -3.96. The normalized spacial score (nSPS) is 12.2. The molecule has 5 nitrogen and oxygen atoms in total. The summed E-state index contributed by atoms with van der Waals surface area (Å²) in [6, 6.07) is 19.0. The van der Waals surface area contributed by atoms with E-state index in [1.807, 2.05) is 44.2 Å². The molecule has 0 aliphatic rings. The van der Waals surface area contributed by atoms with Gasteiger partial charge in [0.15, 0.2) is 0 Å². The van der Waals surface area contributed by atoms with Gasteiger partial charge in [-0.05, 0) is 49.7 Å². The Morgan fingerprint density at radius 2 is 1.67 bits per heavy atom. The molecule has 1 unspecified atom stereocenters. The minimum Gasteiger partial charge on any atom is -0.375 e. The molecule has 2 N–H and O–H groups in total. The lowest BCUT2D eigenvalue weighted by molar-refractivity contribution is -0.120. The maximum atomic E-state index is 13.8. The maximum Gasteiger partial charge on any atom is 0.239 e. The van der Waals surface area contributed by atoms with E-state index in [4.69, 9.17) is 0 Å². The van der Waals surface area contributed by atoms with Gasteiger partial charge in [0.2, 0.25) is 15.7 Å². The molecular formula is C23H23FN2O3S. The first-order valence-corrected chi connectivity index (χ1v) is 10.9. The van der Waals surface area contributed by atoms with Crippen LogP contribution < -0.4 is 10.6 Å². The van der Waals surface area contributed by atoms with E-state index in [-0.39, 0.29) is 34.0 Å².